The number of ether oxygens (including phenoxy) is 1. The molecule has 0 spiro atoms. The van der Waals surface area contributed by atoms with E-state index in [9.17, 15) is 24.5 Å². The Morgan fingerprint density at radius 3 is 2.46 bits per heavy atom. The third-order valence-electron chi connectivity index (χ3n) is 3.80. The minimum atomic E-state index is -1.15. The zero-order valence-electron chi connectivity index (χ0n) is 15.4. The molecule has 1 N–H and O–H groups in total. The molecule has 1 amide bonds. The van der Waals surface area contributed by atoms with E-state index in [-0.39, 0.29) is 17.0 Å². The number of rotatable bonds is 7. The number of nitro groups is 1. The average molecular weight is 402 g/mol. The highest BCUT2D eigenvalue weighted by Crippen LogP contribution is 2.28. The lowest BCUT2D eigenvalue weighted by atomic mass is 10.1. The molecule has 2 aromatic carbocycles. The molecule has 28 heavy (non-hydrogen) atoms. The number of nitro benzene ring substituents is 1. The van der Waals surface area contributed by atoms with Gasteiger partial charge in [0, 0.05) is 17.3 Å². The van der Waals surface area contributed by atoms with Crippen molar-refractivity contribution in [3.63, 3.8) is 0 Å². The lowest BCUT2D eigenvalue weighted by molar-refractivity contribution is -0.387. The van der Waals surface area contributed by atoms with E-state index in [0.29, 0.717) is 16.1 Å². The van der Waals surface area contributed by atoms with Crippen LogP contribution in [0.1, 0.15) is 34.6 Å². The van der Waals surface area contributed by atoms with Crippen molar-refractivity contribution in [1.82, 2.24) is 0 Å². The quantitative estimate of drug-likeness (QED) is 0.247. The second-order valence-electron chi connectivity index (χ2n) is 5.82. The van der Waals surface area contributed by atoms with Gasteiger partial charge in [0.2, 0.25) is 0 Å². The third kappa shape index (κ3) is 5.17. The summed E-state index contributed by atoms with van der Waals surface area (Å²) in [5, 5.41) is 13.7. The molecule has 8 nitrogen and oxygen atoms in total. The molecule has 0 aliphatic heterocycles. The minimum Gasteiger partial charge on any atom is -0.449 e. The summed E-state index contributed by atoms with van der Waals surface area (Å²) in [5.41, 5.74) is 0.590. The summed E-state index contributed by atoms with van der Waals surface area (Å²) in [6, 6.07) is 10.3. The molecule has 0 fully saturated rings. The molecule has 0 unspecified atom stereocenters. The van der Waals surface area contributed by atoms with Gasteiger partial charge >= 0.3 is 5.97 Å². The van der Waals surface area contributed by atoms with Gasteiger partial charge in [-0.15, -0.1) is 11.8 Å². The second-order valence-corrected chi connectivity index (χ2v) is 6.67. The first-order valence-electron chi connectivity index (χ1n) is 8.18. The third-order valence-corrected chi connectivity index (χ3v) is 4.59. The molecule has 0 heterocycles. The van der Waals surface area contributed by atoms with E-state index in [1.807, 2.05) is 0 Å². The van der Waals surface area contributed by atoms with Crippen LogP contribution in [0.4, 0.5) is 11.4 Å². The molecule has 0 bridgehead atoms. The van der Waals surface area contributed by atoms with Crippen LogP contribution in [0.15, 0.2) is 47.4 Å². The highest BCUT2D eigenvalue weighted by molar-refractivity contribution is 7.98. The number of carbonyl (C=O) groups excluding carboxylic acids is 3. The summed E-state index contributed by atoms with van der Waals surface area (Å²) in [7, 11) is 0. The standard InChI is InChI=1S/C19H18N2O6S/c1-11(22)13-5-4-6-15(9-13)20-18(23)12(2)27-19(24)14-7-8-17(28-3)16(10-14)21(25)26/h4-10,12H,1-3H3,(H,20,23)/t12-/m1/s1. The van der Waals surface area contributed by atoms with Gasteiger partial charge < -0.3 is 10.1 Å². The van der Waals surface area contributed by atoms with Crippen LogP contribution in [-0.4, -0.2) is 34.9 Å². The van der Waals surface area contributed by atoms with E-state index < -0.39 is 22.9 Å². The Bertz CT molecular complexity index is 944. The Labute approximate surface area is 165 Å². The van der Waals surface area contributed by atoms with Gasteiger partial charge in [-0.05, 0) is 44.4 Å². The number of anilines is 1. The molecule has 1 atom stereocenters. The van der Waals surface area contributed by atoms with Crippen molar-refractivity contribution >= 4 is 40.8 Å². The fourth-order valence-corrected chi connectivity index (χ4v) is 2.85. The number of nitrogens with zero attached hydrogens (tertiary/aromatic N) is 1. The van der Waals surface area contributed by atoms with Crippen molar-refractivity contribution in [3.8, 4) is 0 Å². The van der Waals surface area contributed by atoms with Crippen molar-refractivity contribution in [2.45, 2.75) is 24.8 Å². The Morgan fingerprint density at radius 1 is 1.14 bits per heavy atom. The van der Waals surface area contributed by atoms with Crippen LogP contribution < -0.4 is 5.32 Å². The lowest BCUT2D eigenvalue weighted by Crippen LogP contribution is -2.30. The highest BCUT2D eigenvalue weighted by atomic mass is 32.2. The molecule has 9 heteroatoms. The van der Waals surface area contributed by atoms with Crippen molar-refractivity contribution in [2.24, 2.45) is 0 Å². The average Bonchev–Trinajstić information content (AvgIpc) is 2.67. The largest absolute Gasteiger partial charge is 0.449 e. The number of benzene rings is 2. The second kappa shape index (κ2) is 9.14. The van der Waals surface area contributed by atoms with Crippen LogP contribution in [0.3, 0.4) is 0 Å². The molecule has 2 rings (SSSR count). The van der Waals surface area contributed by atoms with Gasteiger partial charge in [-0.25, -0.2) is 4.79 Å². The van der Waals surface area contributed by atoms with Gasteiger partial charge in [0.25, 0.3) is 11.6 Å². The number of esters is 1. The molecule has 146 valence electrons. The van der Waals surface area contributed by atoms with Crippen LogP contribution in [0, 0.1) is 10.1 Å². The van der Waals surface area contributed by atoms with Crippen LogP contribution in [0.5, 0.6) is 0 Å². The van der Waals surface area contributed by atoms with Gasteiger partial charge in [0.1, 0.15) is 0 Å². The first-order chi connectivity index (χ1) is 13.2. The van der Waals surface area contributed by atoms with Crippen LogP contribution >= 0.6 is 11.8 Å². The van der Waals surface area contributed by atoms with Crippen molar-refractivity contribution in [1.29, 1.82) is 0 Å². The predicted molar refractivity (Wildman–Crippen MR) is 105 cm³/mol. The number of thioether (sulfide) groups is 1. The summed E-state index contributed by atoms with van der Waals surface area (Å²) in [4.78, 5) is 46.9. The molecule has 0 radical (unpaired) electrons. The molecular formula is C19H18N2O6S. The summed E-state index contributed by atoms with van der Waals surface area (Å²) < 4.78 is 5.11. The van der Waals surface area contributed by atoms with Crippen molar-refractivity contribution in [2.75, 3.05) is 11.6 Å². The van der Waals surface area contributed by atoms with Crippen molar-refractivity contribution in [3.05, 3.63) is 63.7 Å². The maximum Gasteiger partial charge on any atom is 0.339 e. The topological polar surface area (TPSA) is 116 Å². The highest BCUT2D eigenvalue weighted by Gasteiger charge is 2.22. The Morgan fingerprint density at radius 2 is 1.86 bits per heavy atom. The number of nitrogens with one attached hydrogen (secondary N) is 1. The molecule has 0 saturated carbocycles. The Kier molecular flexibility index (Phi) is 6.89. The van der Waals surface area contributed by atoms with E-state index in [0.717, 1.165) is 6.07 Å². The fourth-order valence-electron chi connectivity index (χ4n) is 2.30. The minimum absolute atomic E-state index is 0.0253. The molecule has 0 aromatic heterocycles. The van der Waals surface area contributed by atoms with Gasteiger partial charge in [-0.1, -0.05) is 12.1 Å². The number of ketones is 1. The van der Waals surface area contributed by atoms with Gasteiger partial charge in [-0.2, -0.15) is 0 Å². The maximum absolute atomic E-state index is 12.3. The molecular weight excluding hydrogens is 384 g/mol. The zero-order chi connectivity index (χ0) is 20.8. The van der Waals surface area contributed by atoms with E-state index in [4.69, 9.17) is 4.74 Å². The maximum atomic E-state index is 12.3. The number of Topliss-reactive ketones (excluding diaryl/α,β-unsaturated/α-hetero) is 1. The van der Waals surface area contributed by atoms with Gasteiger partial charge in [-0.3, -0.25) is 19.7 Å². The molecule has 0 aliphatic carbocycles. The normalized spacial score (nSPS) is 11.4. The summed E-state index contributed by atoms with van der Waals surface area (Å²) in [5.74, 6) is -1.59. The Balaban J connectivity index is 2.08. The van der Waals surface area contributed by atoms with Gasteiger partial charge in [0.05, 0.1) is 15.4 Å². The monoisotopic (exact) mass is 402 g/mol. The summed E-state index contributed by atoms with van der Waals surface area (Å²) >= 11 is 1.19. The molecule has 2 aromatic rings. The summed E-state index contributed by atoms with van der Waals surface area (Å²) in [6.07, 6.45) is 0.543. The van der Waals surface area contributed by atoms with E-state index in [2.05, 4.69) is 5.32 Å². The van der Waals surface area contributed by atoms with Gasteiger partial charge in [0.15, 0.2) is 11.9 Å². The number of amides is 1. The fraction of sp³-hybridized carbons (Fsp3) is 0.211. The molecule has 0 aliphatic rings. The van der Waals surface area contributed by atoms with Crippen molar-refractivity contribution < 1.29 is 24.0 Å². The number of hydrogen-bond donors (Lipinski definition) is 1. The van der Waals surface area contributed by atoms with Crippen LogP contribution in [0.2, 0.25) is 0 Å². The number of carbonyl (C=O) groups is 3. The smallest absolute Gasteiger partial charge is 0.339 e. The molecule has 0 saturated heterocycles. The summed E-state index contributed by atoms with van der Waals surface area (Å²) in [6.45, 7) is 2.79. The Hall–Kier alpha value is -3.20. The van der Waals surface area contributed by atoms with E-state index >= 15 is 0 Å². The lowest BCUT2D eigenvalue weighted by Gasteiger charge is -2.14. The van der Waals surface area contributed by atoms with E-state index in [1.54, 1.807) is 24.5 Å². The first kappa shape index (κ1) is 21.1. The zero-order valence-corrected chi connectivity index (χ0v) is 16.2. The number of hydrogen-bond acceptors (Lipinski definition) is 7. The van der Waals surface area contributed by atoms with Crippen LogP contribution in [-0.2, 0) is 9.53 Å². The van der Waals surface area contributed by atoms with E-state index in [1.165, 1.54) is 43.8 Å². The van der Waals surface area contributed by atoms with Crippen LogP contribution in [0.25, 0.3) is 0 Å². The SMILES string of the molecule is CSc1ccc(C(=O)O[C@H](C)C(=O)Nc2cccc(C(C)=O)c2)cc1[N+](=O)[O-]. The first-order valence-corrected chi connectivity index (χ1v) is 9.40. The predicted octanol–water partition coefficient (Wildman–Crippen LogP) is 3.70.